The molecule has 20 heteroatoms. The molecule has 0 unspecified atom stereocenters. The van der Waals surface area contributed by atoms with Gasteiger partial charge in [-0.3, -0.25) is 19.2 Å². The highest BCUT2D eigenvalue weighted by Crippen LogP contribution is 2.47. The average molecular weight is 1680 g/mol. The third-order valence-electron chi connectivity index (χ3n) is 21.6. The van der Waals surface area contributed by atoms with E-state index in [-0.39, 0.29) is 46.0 Å². The Morgan fingerprint density at radius 3 is 0.976 bits per heavy atom. The first-order valence-electron chi connectivity index (χ1n) is 44.1. The van der Waals surface area contributed by atoms with Gasteiger partial charge in [0.05, 0.1) is 72.0 Å². The first-order valence-corrected chi connectivity index (χ1v) is 44.1. The van der Waals surface area contributed by atoms with Gasteiger partial charge in [-0.05, 0) is 313 Å². The van der Waals surface area contributed by atoms with Crippen LogP contribution in [0.25, 0.3) is 45.5 Å². The SMILES string of the molecule is CC(C)Oc1ccc(-n2ncc(C(C)C)cc2=O)cc1.CC(C)c1cnn(-c2ccc(C(C)(C)C)cc2)c(=O)c1.CC(C)c1cnn(-c2ccc(C3(C)CC3)cc2)c(=O)c1.CC(C)c1cnn(-c2ccc(OC3CCCCC3)cc2)c(=O)c1.Cc1nc(-c2ccc(OC(C)C)cc2)nc(C)c1C(C)C.Cc1nc(-c2ccc(OC(C)C)cc2)ncc1C(C)C. The lowest BCUT2D eigenvalue weighted by Crippen LogP contribution is -2.21. The number of rotatable bonds is 21. The zero-order valence-corrected chi connectivity index (χ0v) is 77.9. The molecule has 0 N–H and O–H groups in total. The number of hydrogen-bond acceptors (Lipinski definition) is 16. The lowest BCUT2D eigenvalue weighted by molar-refractivity contribution is 0.155. The molecule has 0 spiro atoms. The van der Waals surface area contributed by atoms with Crippen molar-refractivity contribution in [2.45, 2.75) is 289 Å². The summed E-state index contributed by atoms with van der Waals surface area (Å²) in [6, 6.07) is 53.7. The Bertz CT molecular complexity index is 5520. The molecule has 2 saturated carbocycles. The predicted molar refractivity (Wildman–Crippen MR) is 503 cm³/mol. The fourth-order valence-electron chi connectivity index (χ4n) is 14.1. The zero-order valence-electron chi connectivity index (χ0n) is 77.9. The number of ether oxygens (including phenoxy) is 4. The van der Waals surface area contributed by atoms with Gasteiger partial charge in [-0.1, -0.05) is 141 Å². The Balaban J connectivity index is 0.000000169. The maximum atomic E-state index is 12.2. The van der Waals surface area contributed by atoms with E-state index in [1.165, 1.54) is 73.1 Å². The van der Waals surface area contributed by atoms with E-state index in [4.69, 9.17) is 18.9 Å². The van der Waals surface area contributed by atoms with Gasteiger partial charge in [0, 0.05) is 58.7 Å². The minimum absolute atomic E-state index is 0.0680. The van der Waals surface area contributed by atoms with Crippen molar-refractivity contribution in [3.63, 3.8) is 0 Å². The van der Waals surface area contributed by atoms with Crippen LogP contribution in [-0.4, -0.2) is 83.5 Å². The molecule has 6 aromatic carbocycles. The molecule has 0 amide bonds. The van der Waals surface area contributed by atoms with Crippen molar-refractivity contribution in [1.29, 1.82) is 0 Å². The largest absolute Gasteiger partial charge is 0.491 e. The van der Waals surface area contributed by atoms with Gasteiger partial charge in [0.15, 0.2) is 11.6 Å². The van der Waals surface area contributed by atoms with Crippen molar-refractivity contribution < 1.29 is 18.9 Å². The van der Waals surface area contributed by atoms with Gasteiger partial charge in [0.1, 0.15) is 23.0 Å². The Labute approximate surface area is 735 Å². The molecule has 0 atom stereocenters. The van der Waals surface area contributed by atoms with Crippen LogP contribution in [0.3, 0.4) is 0 Å². The average Bonchev–Trinajstić information content (AvgIpc) is 1.59. The van der Waals surface area contributed by atoms with Gasteiger partial charge >= 0.3 is 0 Å². The van der Waals surface area contributed by atoms with Crippen molar-refractivity contribution in [2.24, 2.45) is 0 Å². The molecule has 124 heavy (non-hydrogen) atoms. The van der Waals surface area contributed by atoms with Gasteiger partial charge in [0.2, 0.25) is 0 Å². The maximum absolute atomic E-state index is 12.2. The number of nitrogens with zero attached hydrogens (tertiary/aromatic N) is 12. The molecule has 20 nitrogen and oxygen atoms in total. The molecule has 656 valence electrons. The molecule has 0 aliphatic heterocycles. The summed E-state index contributed by atoms with van der Waals surface area (Å²) in [6.45, 7) is 52.1. The van der Waals surface area contributed by atoms with Crippen LogP contribution >= 0.6 is 0 Å². The van der Waals surface area contributed by atoms with Gasteiger partial charge in [-0.25, -0.2) is 19.9 Å². The van der Waals surface area contributed by atoms with E-state index in [9.17, 15) is 19.2 Å². The van der Waals surface area contributed by atoms with Crippen LogP contribution in [0.15, 0.2) is 220 Å². The van der Waals surface area contributed by atoms with E-state index in [0.717, 1.165) is 121 Å². The summed E-state index contributed by atoms with van der Waals surface area (Å²) in [5, 5.41) is 17.0. The maximum Gasteiger partial charge on any atom is 0.271 e. The number of aromatic nitrogens is 12. The van der Waals surface area contributed by atoms with E-state index < -0.39 is 0 Å². The minimum atomic E-state index is -0.117. The molecule has 0 radical (unpaired) electrons. The Morgan fingerprint density at radius 1 is 0.363 bits per heavy atom. The third kappa shape index (κ3) is 27.6. The topological polar surface area (TPSA) is 228 Å². The Morgan fingerprint density at radius 2 is 0.677 bits per heavy atom. The van der Waals surface area contributed by atoms with Crippen LogP contribution in [0.2, 0.25) is 0 Å². The highest BCUT2D eigenvalue weighted by Gasteiger charge is 2.39. The van der Waals surface area contributed by atoms with E-state index in [2.05, 4.69) is 175 Å². The van der Waals surface area contributed by atoms with Crippen molar-refractivity contribution in [2.75, 3.05) is 0 Å². The summed E-state index contributed by atoms with van der Waals surface area (Å²) in [7, 11) is 0. The Hall–Kier alpha value is -11.8. The lowest BCUT2D eigenvalue weighted by atomic mass is 9.87. The second kappa shape index (κ2) is 44.0. The lowest BCUT2D eigenvalue weighted by Gasteiger charge is -2.23. The molecule has 12 aromatic rings. The van der Waals surface area contributed by atoms with Gasteiger partial charge in [-0.2, -0.15) is 39.1 Å². The highest BCUT2D eigenvalue weighted by atomic mass is 16.5. The zero-order chi connectivity index (χ0) is 90.4. The molecule has 6 heterocycles. The smallest absolute Gasteiger partial charge is 0.271 e. The van der Waals surface area contributed by atoms with Crippen LogP contribution in [0.1, 0.15) is 294 Å². The second-order valence-electron chi connectivity index (χ2n) is 36.3. The van der Waals surface area contributed by atoms with Crippen molar-refractivity contribution in [3.8, 4) is 68.5 Å². The van der Waals surface area contributed by atoms with Crippen LogP contribution in [0.4, 0.5) is 0 Å². The van der Waals surface area contributed by atoms with Crippen LogP contribution in [0.5, 0.6) is 23.0 Å². The molecule has 0 saturated heterocycles. The summed E-state index contributed by atoms with van der Waals surface area (Å²) in [6.07, 6.45) is 18.4. The first kappa shape index (κ1) is 96.0. The first-order chi connectivity index (χ1) is 58.7. The van der Waals surface area contributed by atoms with E-state index in [0.29, 0.717) is 47.0 Å². The van der Waals surface area contributed by atoms with Crippen LogP contribution in [-0.2, 0) is 10.8 Å². The van der Waals surface area contributed by atoms with E-state index >= 15 is 0 Å². The molecule has 2 aliphatic rings. The summed E-state index contributed by atoms with van der Waals surface area (Å²) < 4.78 is 28.6. The minimum Gasteiger partial charge on any atom is -0.491 e. The number of hydrogen-bond donors (Lipinski definition) is 0. The molecular formula is C104H132N12O8. The molecule has 14 rings (SSSR count). The van der Waals surface area contributed by atoms with Crippen LogP contribution in [0, 0.1) is 20.8 Å². The Kier molecular flexibility index (Phi) is 34.1. The van der Waals surface area contributed by atoms with E-state index in [1.54, 1.807) is 49.1 Å². The molecule has 2 aliphatic carbocycles. The molecule has 2 fully saturated rings. The standard InChI is InChI=1S/C19H24N2O2.C18H24N2O.C17H20N2O.2C17H22N2O.C16H20N2O2/c1-14(2)15-12-19(22)21(20-13-15)16-8-10-18(11-9-16)23-17-6-4-3-5-7-17;1-11(2)17-13(5)19-18(20-14(17)6)15-7-9-16(10-8-15)21-12(3)4;1-12(2)13-10-16(20)19(18-11-13)15-6-4-14(5-7-15)17(3)8-9-17;1-12(2)13-10-16(20)19(18-11-13)15-8-6-14(7-9-15)17(3,4)5;1-11(2)16-10-18-17(19-13(16)5)14-6-8-15(9-7-14)20-12(3)4;1-11(2)13-9-16(19)18(17-10-13)14-5-7-15(8-6-14)20-12(3)4/h8-14,17H,3-7H2,1-2H3;7-12H,1-6H3;4-7,10-12H,8-9H2,1-3H3;2*6-12H,1-5H3;5-12H,1-4H3. The van der Waals surface area contributed by atoms with Gasteiger partial charge < -0.3 is 18.9 Å². The van der Waals surface area contributed by atoms with Crippen LogP contribution < -0.4 is 41.2 Å². The number of aryl methyl sites for hydroxylation is 3. The van der Waals surface area contributed by atoms with E-state index in [1.807, 2.05) is 190 Å². The van der Waals surface area contributed by atoms with Gasteiger partial charge in [0.25, 0.3) is 22.2 Å². The summed E-state index contributed by atoms with van der Waals surface area (Å²) in [5.41, 5.74) is 17.4. The van der Waals surface area contributed by atoms with Crippen molar-refractivity contribution in [3.05, 3.63) is 304 Å². The normalized spacial score (nSPS) is 13.0. The molecule has 6 aromatic heterocycles. The monoisotopic (exact) mass is 1680 g/mol. The van der Waals surface area contributed by atoms with Crippen molar-refractivity contribution in [1.82, 2.24) is 59.1 Å². The third-order valence-corrected chi connectivity index (χ3v) is 21.6. The molecular weight excluding hydrogens is 1550 g/mol. The summed E-state index contributed by atoms with van der Waals surface area (Å²) in [4.78, 5) is 67.0. The quantitative estimate of drug-likeness (QED) is 0.0651. The van der Waals surface area contributed by atoms with Gasteiger partial charge in [-0.15, -0.1) is 0 Å². The summed E-state index contributed by atoms with van der Waals surface area (Å²) >= 11 is 0. The second-order valence-corrected chi connectivity index (χ2v) is 36.3. The fourth-order valence-corrected chi connectivity index (χ4v) is 14.1. The summed E-state index contributed by atoms with van der Waals surface area (Å²) in [5.74, 6) is 7.08. The fraction of sp³-hybridized carbons (Fsp3) is 0.423. The predicted octanol–water partition coefficient (Wildman–Crippen LogP) is 23.3. The molecule has 0 bridgehead atoms. The van der Waals surface area contributed by atoms with Crippen molar-refractivity contribution >= 4 is 0 Å². The highest BCUT2D eigenvalue weighted by molar-refractivity contribution is 5.58. The number of benzene rings is 6.